The SMILES string of the molecule is C=COCCCCCCc1ccc(C=C)cc1. The van der Waals surface area contributed by atoms with E-state index < -0.39 is 0 Å². The van der Waals surface area contributed by atoms with Crippen LogP contribution >= 0.6 is 0 Å². The van der Waals surface area contributed by atoms with Crippen molar-refractivity contribution in [1.82, 2.24) is 0 Å². The van der Waals surface area contributed by atoms with Gasteiger partial charge in [-0.15, -0.1) is 0 Å². The molecule has 1 nitrogen and oxygen atoms in total. The summed E-state index contributed by atoms with van der Waals surface area (Å²) in [4.78, 5) is 0. The van der Waals surface area contributed by atoms with Gasteiger partial charge < -0.3 is 4.74 Å². The number of unbranched alkanes of at least 4 members (excludes halogenated alkanes) is 3. The highest BCUT2D eigenvalue weighted by Crippen LogP contribution is 2.10. The zero-order valence-electron chi connectivity index (χ0n) is 10.5. The highest BCUT2D eigenvalue weighted by molar-refractivity contribution is 5.47. The molecule has 0 saturated carbocycles. The van der Waals surface area contributed by atoms with Crippen LogP contribution in [0.25, 0.3) is 6.08 Å². The van der Waals surface area contributed by atoms with Gasteiger partial charge in [-0.25, -0.2) is 0 Å². The minimum absolute atomic E-state index is 0.803. The molecular weight excluding hydrogens is 208 g/mol. The van der Waals surface area contributed by atoms with Crippen molar-refractivity contribution >= 4 is 6.08 Å². The zero-order valence-corrected chi connectivity index (χ0v) is 10.5. The minimum Gasteiger partial charge on any atom is -0.502 e. The number of aryl methyl sites for hydroxylation is 1. The average molecular weight is 230 g/mol. The summed E-state index contributed by atoms with van der Waals surface area (Å²) in [6, 6.07) is 8.64. The summed E-state index contributed by atoms with van der Waals surface area (Å²) in [5.41, 5.74) is 2.60. The van der Waals surface area contributed by atoms with Gasteiger partial charge in [0, 0.05) is 0 Å². The molecule has 0 unspecified atom stereocenters. The van der Waals surface area contributed by atoms with E-state index in [0.717, 1.165) is 13.0 Å². The van der Waals surface area contributed by atoms with Crippen molar-refractivity contribution in [3.05, 3.63) is 54.8 Å². The molecule has 0 aliphatic heterocycles. The standard InChI is InChI=1S/C16H22O/c1-3-15-10-12-16(13-11-15)9-7-5-6-8-14-17-4-2/h3-4,10-13H,1-2,5-9,14H2. The molecular formula is C16H22O. The number of benzene rings is 1. The van der Waals surface area contributed by atoms with Gasteiger partial charge in [0.15, 0.2) is 0 Å². The van der Waals surface area contributed by atoms with E-state index in [9.17, 15) is 0 Å². The van der Waals surface area contributed by atoms with Crippen molar-refractivity contribution in [2.45, 2.75) is 32.1 Å². The lowest BCUT2D eigenvalue weighted by molar-refractivity contribution is 0.242. The summed E-state index contributed by atoms with van der Waals surface area (Å²) in [6.07, 6.45) is 9.44. The summed E-state index contributed by atoms with van der Waals surface area (Å²) >= 11 is 0. The first kappa shape index (κ1) is 13.6. The van der Waals surface area contributed by atoms with Gasteiger partial charge in [0.25, 0.3) is 0 Å². The van der Waals surface area contributed by atoms with Gasteiger partial charge >= 0.3 is 0 Å². The van der Waals surface area contributed by atoms with Crippen LogP contribution in [0.5, 0.6) is 0 Å². The van der Waals surface area contributed by atoms with E-state index in [4.69, 9.17) is 4.74 Å². The summed E-state index contributed by atoms with van der Waals surface area (Å²) in [7, 11) is 0. The van der Waals surface area contributed by atoms with Gasteiger partial charge in [-0.2, -0.15) is 0 Å². The fourth-order valence-corrected chi connectivity index (χ4v) is 1.77. The second-order valence-corrected chi connectivity index (χ2v) is 4.15. The predicted molar refractivity (Wildman–Crippen MR) is 74.9 cm³/mol. The molecule has 0 amide bonds. The smallest absolute Gasteiger partial charge is 0.0873 e. The molecule has 17 heavy (non-hydrogen) atoms. The topological polar surface area (TPSA) is 9.23 Å². The van der Waals surface area contributed by atoms with E-state index in [1.54, 1.807) is 0 Å². The van der Waals surface area contributed by atoms with Crippen LogP contribution < -0.4 is 0 Å². The monoisotopic (exact) mass is 230 g/mol. The molecule has 0 heterocycles. The average Bonchev–Trinajstić information content (AvgIpc) is 2.38. The first-order valence-corrected chi connectivity index (χ1v) is 6.30. The van der Waals surface area contributed by atoms with E-state index in [0.29, 0.717) is 0 Å². The molecule has 0 N–H and O–H groups in total. The third-order valence-corrected chi connectivity index (χ3v) is 2.81. The van der Waals surface area contributed by atoms with Gasteiger partial charge in [-0.05, 0) is 30.4 Å². The minimum atomic E-state index is 0.803. The first-order chi connectivity index (χ1) is 8.36. The Labute approximate surface area is 105 Å². The first-order valence-electron chi connectivity index (χ1n) is 6.30. The van der Waals surface area contributed by atoms with E-state index in [1.165, 1.54) is 43.1 Å². The maximum absolute atomic E-state index is 5.08. The molecule has 1 rings (SSSR count). The van der Waals surface area contributed by atoms with Crippen molar-refractivity contribution in [3.8, 4) is 0 Å². The highest BCUT2D eigenvalue weighted by atomic mass is 16.5. The van der Waals surface area contributed by atoms with Crippen LogP contribution in [-0.2, 0) is 11.2 Å². The fraction of sp³-hybridized carbons (Fsp3) is 0.375. The van der Waals surface area contributed by atoms with Gasteiger partial charge in [0.2, 0.25) is 0 Å². The lowest BCUT2D eigenvalue weighted by Crippen LogP contribution is -1.89. The number of hydrogen-bond acceptors (Lipinski definition) is 1. The Morgan fingerprint density at radius 1 is 0.941 bits per heavy atom. The molecule has 0 aliphatic carbocycles. The van der Waals surface area contributed by atoms with E-state index in [-0.39, 0.29) is 0 Å². The van der Waals surface area contributed by atoms with Crippen LogP contribution in [0.4, 0.5) is 0 Å². The largest absolute Gasteiger partial charge is 0.502 e. The molecule has 92 valence electrons. The lowest BCUT2D eigenvalue weighted by atomic mass is 10.0. The van der Waals surface area contributed by atoms with Gasteiger partial charge in [0.05, 0.1) is 12.9 Å². The maximum atomic E-state index is 5.08. The van der Waals surface area contributed by atoms with Crippen LogP contribution in [0.15, 0.2) is 43.7 Å². The molecule has 0 fully saturated rings. The van der Waals surface area contributed by atoms with Gasteiger partial charge in [-0.1, -0.05) is 56.3 Å². The quantitative estimate of drug-likeness (QED) is 0.445. The molecule has 0 saturated heterocycles. The van der Waals surface area contributed by atoms with Crippen molar-refractivity contribution in [1.29, 1.82) is 0 Å². The van der Waals surface area contributed by atoms with E-state index >= 15 is 0 Å². The van der Waals surface area contributed by atoms with Crippen LogP contribution in [0.1, 0.15) is 36.8 Å². The predicted octanol–water partition coefficient (Wildman–Crippen LogP) is 4.59. The Bertz CT molecular complexity index is 324. The lowest BCUT2D eigenvalue weighted by Gasteiger charge is -2.03. The third kappa shape index (κ3) is 5.96. The Kier molecular flexibility index (Phi) is 6.89. The highest BCUT2D eigenvalue weighted by Gasteiger charge is 1.94. The Morgan fingerprint density at radius 2 is 1.65 bits per heavy atom. The molecule has 0 spiro atoms. The second kappa shape index (κ2) is 8.63. The van der Waals surface area contributed by atoms with Crippen molar-refractivity contribution < 1.29 is 4.74 Å². The molecule has 0 aliphatic rings. The molecule has 0 bridgehead atoms. The van der Waals surface area contributed by atoms with Crippen LogP contribution in [0.3, 0.4) is 0 Å². The summed E-state index contributed by atoms with van der Waals surface area (Å²) < 4.78 is 5.08. The second-order valence-electron chi connectivity index (χ2n) is 4.15. The third-order valence-electron chi connectivity index (χ3n) is 2.81. The Hall–Kier alpha value is -1.50. The molecule has 0 atom stereocenters. The molecule has 1 aromatic carbocycles. The normalized spacial score (nSPS) is 9.88. The number of hydrogen-bond donors (Lipinski definition) is 0. The summed E-state index contributed by atoms with van der Waals surface area (Å²) in [5.74, 6) is 0. The van der Waals surface area contributed by atoms with E-state index in [2.05, 4.69) is 37.4 Å². The van der Waals surface area contributed by atoms with Crippen LogP contribution in [-0.4, -0.2) is 6.61 Å². The van der Waals surface area contributed by atoms with Crippen molar-refractivity contribution in [2.24, 2.45) is 0 Å². The van der Waals surface area contributed by atoms with Crippen LogP contribution in [0, 0.1) is 0 Å². The maximum Gasteiger partial charge on any atom is 0.0873 e. The Morgan fingerprint density at radius 3 is 2.29 bits per heavy atom. The fourth-order valence-electron chi connectivity index (χ4n) is 1.77. The van der Waals surface area contributed by atoms with Crippen molar-refractivity contribution in [3.63, 3.8) is 0 Å². The summed E-state index contributed by atoms with van der Waals surface area (Å²) in [5, 5.41) is 0. The van der Waals surface area contributed by atoms with E-state index in [1.807, 2.05) is 6.08 Å². The van der Waals surface area contributed by atoms with Crippen molar-refractivity contribution in [2.75, 3.05) is 6.61 Å². The number of ether oxygens (including phenoxy) is 1. The zero-order chi connectivity index (χ0) is 12.3. The van der Waals surface area contributed by atoms with Gasteiger partial charge in [-0.3, -0.25) is 0 Å². The molecule has 1 aromatic rings. The molecule has 1 heteroatoms. The molecule has 0 radical (unpaired) electrons. The van der Waals surface area contributed by atoms with Gasteiger partial charge in [0.1, 0.15) is 0 Å². The Balaban J connectivity index is 2.09. The van der Waals surface area contributed by atoms with Crippen LogP contribution in [0.2, 0.25) is 0 Å². The molecule has 0 aromatic heterocycles. The number of rotatable bonds is 9. The summed E-state index contributed by atoms with van der Waals surface area (Å²) in [6.45, 7) is 8.07.